The van der Waals surface area contributed by atoms with Crippen LogP contribution in [-0.2, 0) is 17.9 Å². The Labute approximate surface area is 208 Å². The minimum atomic E-state index is -0.577. The van der Waals surface area contributed by atoms with Crippen molar-refractivity contribution in [3.8, 4) is 5.75 Å². The smallest absolute Gasteiger partial charge is 0.293 e. The summed E-state index contributed by atoms with van der Waals surface area (Å²) in [4.78, 5) is 26.3. The lowest BCUT2D eigenvalue weighted by Crippen LogP contribution is -2.28. The largest absolute Gasteiger partial charge is 0.487 e. The molecule has 4 nitrogen and oxygen atoms in total. The minimum Gasteiger partial charge on any atom is -0.487 e. The molecule has 3 aromatic carbocycles. The first-order chi connectivity index (χ1) is 15.8. The molecule has 1 aliphatic heterocycles. The molecule has 0 spiro atoms. The summed E-state index contributed by atoms with van der Waals surface area (Å²) < 4.78 is 19.8. The predicted molar refractivity (Wildman–Crippen MR) is 130 cm³/mol. The zero-order valence-corrected chi connectivity index (χ0v) is 19.9. The van der Waals surface area contributed by atoms with Gasteiger partial charge in [-0.05, 0) is 65.4 Å². The van der Waals surface area contributed by atoms with Crippen LogP contribution in [-0.4, -0.2) is 16.0 Å². The number of thioether (sulfide) groups is 1. The highest BCUT2D eigenvalue weighted by Gasteiger charge is 2.35. The molecule has 0 N–H and O–H groups in total. The van der Waals surface area contributed by atoms with Crippen molar-refractivity contribution >= 4 is 63.8 Å². The van der Waals surface area contributed by atoms with Crippen LogP contribution in [0.1, 0.15) is 16.7 Å². The SMILES string of the molecule is O=C1S/C(=C\c2ccc(OCc3ccc(Cl)cc3)c(Cl)c2)C(=O)N1Cc1c(F)cccc1Cl. The maximum Gasteiger partial charge on any atom is 0.293 e. The topological polar surface area (TPSA) is 46.6 Å². The molecule has 3 aromatic rings. The second-order valence-corrected chi connectivity index (χ2v) is 9.32. The highest BCUT2D eigenvalue weighted by Crippen LogP contribution is 2.35. The number of benzene rings is 3. The van der Waals surface area contributed by atoms with Crippen LogP contribution in [0.15, 0.2) is 65.6 Å². The van der Waals surface area contributed by atoms with Gasteiger partial charge in [-0.25, -0.2) is 4.39 Å². The summed E-state index contributed by atoms with van der Waals surface area (Å²) in [5.41, 5.74) is 1.64. The molecular weight excluding hydrogens is 508 g/mol. The van der Waals surface area contributed by atoms with Crippen LogP contribution >= 0.6 is 46.6 Å². The molecule has 0 unspecified atom stereocenters. The summed E-state index contributed by atoms with van der Waals surface area (Å²) in [5.74, 6) is -0.624. The summed E-state index contributed by atoms with van der Waals surface area (Å²) in [6, 6.07) is 16.5. The Bertz CT molecular complexity index is 1240. The number of ether oxygens (including phenoxy) is 1. The fourth-order valence-corrected chi connectivity index (χ4v) is 4.53. The average molecular weight is 523 g/mol. The van der Waals surface area contributed by atoms with Crippen LogP contribution in [0.2, 0.25) is 15.1 Å². The lowest BCUT2D eigenvalue weighted by atomic mass is 10.2. The van der Waals surface area contributed by atoms with E-state index in [9.17, 15) is 14.0 Å². The fourth-order valence-electron chi connectivity index (χ4n) is 3.09. The molecule has 0 atom stereocenters. The first-order valence-corrected chi connectivity index (χ1v) is 11.6. The van der Waals surface area contributed by atoms with E-state index >= 15 is 0 Å². The predicted octanol–water partition coefficient (Wildman–Crippen LogP) is 7.60. The van der Waals surface area contributed by atoms with Crippen molar-refractivity contribution in [3.63, 3.8) is 0 Å². The van der Waals surface area contributed by atoms with Crippen LogP contribution in [0.25, 0.3) is 6.08 Å². The number of halogens is 4. The molecule has 4 rings (SSSR count). The van der Waals surface area contributed by atoms with Crippen LogP contribution in [0.4, 0.5) is 9.18 Å². The van der Waals surface area contributed by atoms with Gasteiger partial charge in [-0.2, -0.15) is 0 Å². The van der Waals surface area contributed by atoms with Crippen LogP contribution in [0.3, 0.4) is 0 Å². The third-order valence-corrected chi connectivity index (χ3v) is 6.62. The summed E-state index contributed by atoms with van der Waals surface area (Å²) >= 11 is 19.0. The molecule has 1 saturated heterocycles. The molecule has 0 aromatic heterocycles. The molecule has 0 radical (unpaired) electrons. The van der Waals surface area contributed by atoms with E-state index in [0.29, 0.717) is 28.0 Å². The Morgan fingerprint density at radius 2 is 1.73 bits per heavy atom. The summed E-state index contributed by atoms with van der Waals surface area (Å²) in [6.07, 6.45) is 1.56. The maximum absolute atomic E-state index is 14.1. The maximum atomic E-state index is 14.1. The van der Waals surface area contributed by atoms with Gasteiger partial charge in [0.15, 0.2) is 0 Å². The number of imide groups is 1. The highest BCUT2D eigenvalue weighted by atomic mass is 35.5. The van der Waals surface area contributed by atoms with Crippen molar-refractivity contribution in [1.82, 2.24) is 4.90 Å². The van der Waals surface area contributed by atoms with Gasteiger partial charge in [0.1, 0.15) is 18.2 Å². The number of hydrogen-bond donors (Lipinski definition) is 0. The van der Waals surface area contributed by atoms with Gasteiger partial charge in [0.25, 0.3) is 11.1 Å². The number of amides is 2. The third kappa shape index (κ3) is 5.53. The normalized spacial score (nSPS) is 14.9. The third-order valence-electron chi connectivity index (χ3n) is 4.81. The van der Waals surface area contributed by atoms with Gasteiger partial charge < -0.3 is 4.74 Å². The van der Waals surface area contributed by atoms with Crippen molar-refractivity contribution in [2.45, 2.75) is 13.2 Å². The van der Waals surface area contributed by atoms with E-state index in [-0.39, 0.29) is 22.0 Å². The van der Waals surface area contributed by atoms with E-state index in [4.69, 9.17) is 39.5 Å². The number of hydrogen-bond acceptors (Lipinski definition) is 4. The van der Waals surface area contributed by atoms with E-state index in [1.54, 1.807) is 36.4 Å². The first-order valence-electron chi connectivity index (χ1n) is 9.67. The summed E-state index contributed by atoms with van der Waals surface area (Å²) in [7, 11) is 0. The Kier molecular flexibility index (Phi) is 7.29. The van der Waals surface area contributed by atoms with Gasteiger partial charge >= 0.3 is 0 Å². The number of nitrogens with zero attached hydrogens (tertiary/aromatic N) is 1. The van der Waals surface area contributed by atoms with Gasteiger partial charge in [0.05, 0.1) is 16.5 Å². The van der Waals surface area contributed by atoms with Gasteiger partial charge in [-0.1, -0.05) is 59.1 Å². The molecule has 168 valence electrons. The summed E-state index contributed by atoms with van der Waals surface area (Å²) in [5, 5.41) is 0.649. The van der Waals surface area contributed by atoms with Gasteiger partial charge in [0.2, 0.25) is 0 Å². The number of rotatable bonds is 6. The van der Waals surface area contributed by atoms with Crippen LogP contribution < -0.4 is 4.74 Å². The zero-order chi connectivity index (χ0) is 23.5. The van der Waals surface area contributed by atoms with E-state index in [1.807, 2.05) is 12.1 Å². The lowest BCUT2D eigenvalue weighted by molar-refractivity contribution is -0.123. The van der Waals surface area contributed by atoms with E-state index in [1.165, 1.54) is 18.2 Å². The van der Waals surface area contributed by atoms with Crippen molar-refractivity contribution in [1.29, 1.82) is 0 Å². The Morgan fingerprint density at radius 1 is 0.970 bits per heavy atom. The Morgan fingerprint density at radius 3 is 2.42 bits per heavy atom. The molecule has 1 aliphatic rings. The molecule has 0 saturated carbocycles. The fraction of sp³-hybridized carbons (Fsp3) is 0.0833. The van der Waals surface area contributed by atoms with E-state index < -0.39 is 17.0 Å². The van der Waals surface area contributed by atoms with Crippen molar-refractivity contribution in [2.75, 3.05) is 0 Å². The highest BCUT2D eigenvalue weighted by molar-refractivity contribution is 8.18. The molecule has 2 amide bonds. The molecular formula is C24H15Cl3FNO3S. The molecule has 33 heavy (non-hydrogen) atoms. The van der Waals surface area contributed by atoms with Crippen molar-refractivity contribution in [2.24, 2.45) is 0 Å². The Balaban J connectivity index is 1.47. The summed E-state index contributed by atoms with van der Waals surface area (Å²) in [6.45, 7) is 0.0689. The van der Waals surface area contributed by atoms with Crippen LogP contribution in [0.5, 0.6) is 5.75 Å². The quantitative estimate of drug-likeness (QED) is 0.313. The zero-order valence-electron chi connectivity index (χ0n) is 16.9. The Hall–Kier alpha value is -2.51. The van der Waals surface area contributed by atoms with Gasteiger partial charge in [0, 0.05) is 15.6 Å². The van der Waals surface area contributed by atoms with E-state index in [0.717, 1.165) is 22.2 Å². The first kappa shape index (κ1) is 23.6. The number of carbonyl (C=O) groups excluding carboxylic acids is 2. The van der Waals surface area contributed by atoms with Crippen molar-refractivity contribution in [3.05, 3.63) is 103 Å². The monoisotopic (exact) mass is 521 g/mol. The molecule has 1 fully saturated rings. The average Bonchev–Trinajstić information content (AvgIpc) is 3.04. The molecule has 0 aliphatic carbocycles. The molecule has 0 bridgehead atoms. The van der Waals surface area contributed by atoms with Gasteiger partial charge in [-0.3, -0.25) is 14.5 Å². The van der Waals surface area contributed by atoms with E-state index in [2.05, 4.69) is 0 Å². The second-order valence-electron chi connectivity index (χ2n) is 7.07. The molecule has 9 heteroatoms. The van der Waals surface area contributed by atoms with Crippen LogP contribution in [0, 0.1) is 5.82 Å². The van der Waals surface area contributed by atoms with Crippen molar-refractivity contribution < 1.29 is 18.7 Å². The lowest BCUT2D eigenvalue weighted by Gasteiger charge is -2.14. The standard InChI is InChI=1S/C24H15Cl3FNO3S/c25-16-7-4-14(5-8-16)13-32-21-9-6-15(10-19(21)27)11-22-23(30)29(24(31)33-22)12-17-18(26)2-1-3-20(17)28/h1-11H,12-13H2/b22-11-. The van der Waals surface area contributed by atoms with Gasteiger partial charge in [-0.15, -0.1) is 0 Å². The minimum absolute atomic E-state index is 0.0907. The second kappa shape index (κ2) is 10.2. The number of carbonyl (C=O) groups is 2. The molecule has 1 heterocycles.